The van der Waals surface area contributed by atoms with Crippen molar-refractivity contribution in [1.29, 1.82) is 0 Å². The minimum Gasteiger partial charge on any atom is -0.452 e. The fourth-order valence-electron chi connectivity index (χ4n) is 2.62. The molecule has 0 aliphatic rings. The molecule has 0 saturated heterocycles. The van der Waals surface area contributed by atoms with Gasteiger partial charge in [0.1, 0.15) is 17.0 Å². The molecule has 2 aromatic heterocycles. The van der Waals surface area contributed by atoms with Crippen molar-refractivity contribution in [3.05, 3.63) is 77.9 Å². The molecule has 0 fully saturated rings. The van der Waals surface area contributed by atoms with E-state index in [2.05, 4.69) is 15.3 Å². The summed E-state index contributed by atoms with van der Waals surface area (Å²) in [4.78, 5) is 16.8. The standard InChI is InChI=1S/C20H15N3O4/c1-13-17(18(22-26-13)14-8-4-2-5-9-14)20(24)25-12-16-21-19(23-27-16)15-10-6-3-7-11-15/h2-11H,12H2,1H3. The van der Waals surface area contributed by atoms with E-state index in [1.54, 1.807) is 6.92 Å². The second-order valence-corrected chi connectivity index (χ2v) is 5.78. The second kappa shape index (κ2) is 7.25. The van der Waals surface area contributed by atoms with Gasteiger partial charge in [0, 0.05) is 11.1 Å². The lowest BCUT2D eigenvalue weighted by Crippen LogP contribution is -2.07. The molecule has 0 atom stereocenters. The second-order valence-electron chi connectivity index (χ2n) is 5.78. The summed E-state index contributed by atoms with van der Waals surface area (Å²) < 4.78 is 15.7. The van der Waals surface area contributed by atoms with Gasteiger partial charge in [-0.15, -0.1) is 0 Å². The van der Waals surface area contributed by atoms with E-state index in [9.17, 15) is 4.79 Å². The van der Waals surface area contributed by atoms with Gasteiger partial charge in [0.05, 0.1) is 0 Å². The first-order valence-electron chi connectivity index (χ1n) is 8.29. The van der Waals surface area contributed by atoms with Crippen LogP contribution in [0.2, 0.25) is 0 Å². The predicted octanol–water partition coefficient (Wildman–Crippen LogP) is 4.06. The van der Waals surface area contributed by atoms with Crippen LogP contribution in [0.4, 0.5) is 0 Å². The Kier molecular flexibility index (Phi) is 4.49. The van der Waals surface area contributed by atoms with E-state index in [1.165, 1.54) is 0 Å². The monoisotopic (exact) mass is 361 g/mol. The average molecular weight is 361 g/mol. The number of rotatable bonds is 5. The van der Waals surface area contributed by atoms with E-state index in [-0.39, 0.29) is 18.1 Å². The summed E-state index contributed by atoms with van der Waals surface area (Å²) in [5.74, 6) is 0.465. The molecule has 0 spiro atoms. The molecule has 0 saturated carbocycles. The van der Waals surface area contributed by atoms with Crippen LogP contribution < -0.4 is 0 Å². The molecule has 27 heavy (non-hydrogen) atoms. The van der Waals surface area contributed by atoms with Crippen molar-refractivity contribution in [3.8, 4) is 22.6 Å². The van der Waals surface area contributed by atoms with Crippen molar-refractivity contribution < 1.29 is 18.6 Å². The lowest BCUT2D eigenvalue weighted by molar-refractivity contribution is 0.0428. The normalized spacial score (nSPS) is 10.7. The lowest BCUT2D eigenvalue weighted by atomic mass is 10.1. The highest BCUT2D eigenvalue weighted by atomic mass is 16.6. The molecule has 0 aliphatic carbocycles. The first-order chi connectivity index (χ1) is 13.2. The van der Waals surface area contributed by atoms with E-state index in [0.717, 1.165) is 11.1 Å². The number of carbonyl (C=O) groups is 1. The maximum absolute atomic E-state index is 12.6. The van der Waals surface area contributed by atoms with Gasteiger partial charge in [-0.2, -0.15) is 4.98 Å². The number of aryl methyl sites for hydroxylation is 1. The number of esters is 1. The Bertz CT molecular complexity index is 1060. The van der Waals surface area contributed by atoms with Gasteiger partial charge < -0.3 is 13.8 Å². The summed E-state index contributed by atoms with van der Waals surface area (Å²) in [5.41, 5.74) is 2.31. The highest BCUT2D eigenvalue weighted by Gasteiger charge is 2.23. The van der Waals surface area contributed by atoms with Gasteiger partial charge in [-0.25, -0.2) is 4.79 Å². The number of hydrogen-bond acceptors (Lipinski definition) is 7. The van der Waals surface area contributed by atoms with Gasteiger partial charge >= 0.3 is 5.97 Å². The van der Waals surface area contributed by atoms with Crippen LogP contribution in [-0.4, -0.2) is 21.3 Å². The van der Waals surface area contributed by atoms with Gasteiger partial charge in [-0.1, -0.05) is 71.0 Å². The zero-order chi connectivity index (χ0) is 18.6. The van der Waals surface area contributed by atoms with Crippen LogP contribution >= 0.6 is 0 Å². The maximum Gasteiger partial charge on any atom is 0.344 e. The third-order valence-electron chi connectivity index (χ3n) is 3.94. The SMILES string of the molecule is Cc1onc(-c2ccccc2)c1C(=O)OCc1nc(-c2ccccc2)no1. The molecule has 4 rings (SSSR count). The minimum atomic E-state index is -0.563. The third-order valence-corrected chi connectivity index (χ3v) is 3.94. The molecule has 134 valence electrons. The van der Waals surface area contributed by atoms with Crippen molar-refractivity contribution in [2.75, 3.05) is 0 Å². The first-order valence-corrected chi connectivity index (χ1v) is 8.29. The van der Waals surface area contributed by atoms with E-state index in [4.69, 9.17) is 13.8 Å². The molecule has 2 heterocycles. The Morgan fingerprint density at radius 2 is 1.59 bits per heavy atom. The largest absolute Gasteiger partial charge is 0.452 e. The summed E-state index contributed by atoms with van der Waals surface area (Å²) in [5, 5.41) is 7.88. The molecule has 0 amide bonds. The first kappa shape index (κ1) is 16.7. The van der Waals surface area contributed by atoms with Crippen LogP contribution in [0.5, 0.6) is 0 Å². The van der Waals surface area contributed by atoms with Crippen LogP contribution in [0.25, 0.3) is 22.6 Å². The Morgan fingerprint density at radius 1 is 0.926 bits per heavy atom. The Labute approximate surface area is 154 Å². The van der Waals surface area contributed by atoms with Gasteiger partial charge in [-0.05, 0) is 6.92 Å². The number of aromatic nitrogens is 3. The number of benzene rings is 2. The zero-order valence-corrected chi connectivity index (χ0v) is 14.5. The smallest absolute Gasteiger partial charge is 0.344 e. The van der Waals surface area contributed by atoms with Crippen molar-refractivity contribution in [1.82, 2.24) is 15.3 Å². The molecule has 4 aromatic rings. The van der Waals surface area contributed by atoms with E-state index < -0.39 is 5.97 Å². The van der Waals surface area contributed by atoms with Crippen molar-refractivity contribution in [2.24, 2.45) is 0 Å². The molecular formula is C20H15N3O4. The van der Waals surface area contributed by atoms with Gasteiger partial charge in [0.15, 0.2) is 6.61 Å². The summed E-state index contributed by atoms with van der Waals surface area (Å²) in [6.45, 7) is 1.52. The zero-order valence-electron chi connectivity index (χ0n) is 14.5. The topological polar surface area (TPSA) is 91.2 Å². The molecule has 0 radical (unpaired) electrons. The molecule has 0 bridgehead atoms. The van der Waals surface area contributed by atoms with Crippen molar-refractivity contribution in [3.63, 3.8) is 0 Å². The predicted molar refractivity (Wildman–Crippen MR) is 95.5 cm³/mol. The summed E-state index contributed by atoms with van der Waals surface area (Å²) >= 11 is 0. The molecular weight excluding hydrogens is 346 g/mol. The molecule has 0 aliphatic heterocycles. The van der Waals surface area contributed by atoms with Gasteiger partial charge in [-0.3, -0.25) is 0 Å². The van der Waals surface area contributed by atoms with Crippen LogP contribution in [0.3, 0.4) is 0 Å². The average Bonchev–Trinajstić information content (AvgIpc) is 3.34. The number of ether oxygens (including phenoxy) is 1. The van der Waals surface area contributed by atoms with Crippen molar-refractivity contribution >= 4 is 5.97 Å². The summed E-state index contributed by atoms with van der Waals surface area (Å²) in [6, 6.07) is 18.7. The Hall–Kier alpha value is -3.74. The van der Waals surface area contributed by atoms with Crippen LogP contribution in [0.15, 0.2) is 69.7 Å². The molecule has 7 heteroatoms. The lowest BCUT2D eigenvalue weighted by Gasteiger charge is -2.03. The molecule has 7 nitrogen and oxygen atoms in total. The fourth-order valence-corrected chi connectivity index (χ4v) is 2.62. The minimum absolute atomic E-state index is 0.141. The summed E-state index contributed by atoms with van der Waals surface area (Å²) in [6.07, 6.45) is 0. The highest BCUT2D eigenvalue weighted by Crippen LogP contribution is 2.26. The van der Waals surface area contributed by atoms with Crippen LogP contribution in [0.1, 0.15) is 22.0 Å². The Morgan fingerprint density at radius 3 is 2.30 bits per heavy atom. The fraction of sp³-hybridized carbons (Fsp3) is 0.100. The number of nitrogens with zero attached hydrogens (tertiary/aromatic N) is 3. The number of carbonyl (C=O) groups excluding carboxylic acids is 1. The molecule has 0 unspecified atom stereocenters. The van der Waals surface area contributed by atoms with Crippen molar-refractivity contribution in [2.45, 2.75) is 13.5 Å². The Balaban J connectivity index is 1.50. The molecule has 0 N–H and O–H groups in total. The maximum atomic E-state index is 12.6. The quantitative estimate of drug-likeness (QED) is 0.495. The van der Waals surface area contributed by atoms with Gasteiger partial charge in [0.25, 0.3) is 5.89 Å². The van der Waals surface area contributed by atoms with E-state index >= 15 is 0 Å². The van der Waals surface area contributed by atoms with Crippen LogP contribution in [0, 0.1) is 6.92 Å². The van der Waals surface area contributed by atoms with E-state index in [1.807, 2.05) is 60.7 Å². The summed E-state index contributed by atoms with van der Waals surface area (Å²) in [7, 11) is 0. The number of hydrogen-bond donors (Lipinski definition) is 0. The highest BCUT2D eigenvalue weighted by molar-refractivity contribution is 5.97. The molecule has 2 aromatic carbocycles. The third kappa shape index (κ3) is 3.48. The van der Waals surface area contributed by atoms with E-state index in [0.29, 0.717) is 17.3 Å². The van der Waals surface area contributed by atoms with Crippen LogP contribution in [-0.2, 0) is 11.3 Å². The van der Waals surface area contributed by atoms with Gasteiger partial charge in [0.2, 0.25) is 5.82 Å².